The minimum Gasteiger partial charge on any atom is -0.368 e. The maximum atomic E-state index is 14.0. The first-order chi connectivity index (χ1) is 18.5. The van der Waals surface area contributed by atoms with Crippen LogP contribution in [0.3, 0.4) is 0 Å². The Bertz CT molecular complexity index is 1120. The lowest BCUT2D eigenvalue weighted by molar-refractivity contribution is -0.176. The minimum atomic E-state index is -5.18. The SMILES string of the molecule is CC(C)(C)[C@H](NC(=O)C(F)(F)F)C(=O)N1C[C@@H]2[C@H]3C[C@@H]([C@@H]2[C@H]1C(=O)N[C@@H](C[C@@H]1CCNC1=O)C(N)=O)C1(CC1)C3. The first-order valence-electron chi connectivity index (χ1n) is 14.1. The molecule has 5 aliphatic rings. The first kappa shape index (κ1) is 28.7. The van der Waals surface area contributed by atoms with Crippen molar-refractivity contribution in [3.8, 4) is 0 Å². The monoisotopic (exact) mass is 569 g/mol. The van der Waals surface area contributed by atoms with E-state index in [-0.39, 0.29) is 42.0 Å². The van der Waals surface area contributed by atoms with E-state index >= 15 is 0 Å². The van der Waals surface area contributed by atoms with Crippen LogP contribution in [0.1, 0.15) is 59.3 Å². The Morgan fingerprint density at radius 2 is 1.82 bits per heavy atom. The zero-order chi connectivity index (χ0) is 29.4. The van der Waals surface area contributed by atoms with Gasteiger partial charge >= 0.3 is 12.1 Å². The van der Waals surface area contributed by atoms with E-state index in [1.807, 2.05) is 5.32 Å². The number of nitrogens with one attached hydrogen (secondary N) is 3. The number of nitrogens with zero attached hydrogens (tertiary/aromatic N) is 1. The van der Waals surface area contributed by atoms with Crippen LogP contribution in [0, 0.1) is 40.4 Å². The molecule has 5 amide bonds. The van der Waals surface area contributed by atoms with E-state index in [1.54, 1.807) is 20.8 Å². The molecule has 2 bridgehead atoms. The van der Waals surface area contributed by atoms with Gasteiger partial charge in [0.15, 0.2) is 0 Å². The average molecular weight is 570 g/mol. The van der Waals surface area contributed by atoms with Crippen LogP contribution in [0.4, 0.5) is 13.2 Å². The highest BCUT2D eigenvalue weighted by Gasteiger charge is 2.70. The first-order valence-corrected chi connectivity index (χ1v) is 14.1. The van der Waals surface area contributed by atoms with E-state index in [4.69, 9.17) is 5.73 Å². The molecule has 5 rings (SSSR count). The van der Waals surface area contributed by atoms with Crippen LogP contribution < -0.4 is 21.7 Å². The summed E-state index contributed by atoms with van der Waals surface area (Å²) in [7, 11) is 0. The number of hydrogen-bond donors (Lipinski definition) is 4. The summed E-state index contributed by atoms with van der Waals surface area (Å²) in [6.45, 7) is 5.31. The molecule has 5 N–H and O–H groups in total. The fourth-order valence-electron chi connectivity index (χ4n) is 8.07. The molecule has 1 spiro atoms. The van der Waals surface area contributed by atoms with Gasteiger partial charge in [-0.15, -0.1) is 0 Å². The Morgan fingerprint density at radius 1 is 1.15 bits per heavy atom. The van der Waals surface area contributed by atoms with Crippen LogP contribution >= 0.6 is 0 Å². The summed E-state index contributed by atoms with van der Waals surface area (Å²) in [6, 6.07) is -3.69. The third-order valence-corrected chi connectivity index (χ3v) is 10.1. The number of nitrogens with two attached hydrogens (primary N) is 1. The maximum Gasteiger partial charge on any atom is 0.471 e. The molecular formula is C27H38F3N5O5. The number of rotatable bonds is 7. The second kappa shape index (κ2) is 9.61. The van der Waals surface area contributed by atoms with Crippen molar-refractivity contribution in [2.24, 2.45) is 46.2 Å². The van der Waals surface area contributed by atoms with Crippen molar-refractivity contribution in [2.75, 3.05) is 13.1 Å². The normalized spacial score (nSPS) is 33.4. The molecule has 40 heavy (non-hydrogen) atoms. The summed E-state index contributed by atoms with van der Waals surface area (Å²) in [6.07, 6.45) is -0.612. The van der Waals surface area contributed by atoms with Crippen molar-refractivity contribution in [3.05, 3.63) is 0 Å². The number of hydrogen-bond acceptors (Lipinski definition) is 5. The Balaban J connectivity index is 1.43. The van der Waals surface area contributed by atoms with Crippen LogP contribution in [0.25, 0.3) is 0 Å². The molecule has 3 aliphatic carbocycles. The number of amides is 5. The quantitative estimate of drug-likeness (QED) is 0.358. The van der Waals surface area contributed by atoms with Gasteiger partial charge in [0.25, 0.3) is 0 Å². The number of halogens is 3. The van der Waals surface area contributed by atoms with E-state index in [0.29, 0.717) is 18.9 Å². The zero-order valence-corrected chi connectivity index (χ0v) is 23.0. The van der Waals surface area contributed by atoms with Crippen molar-refractivity contribution in [3.63, 3.8) is 0 Å². The van der Waals surface area contributed by atoms with Gasteiger partial charge in [0.05, 0.1) is 0 Å². The van der Waals surface area contributed by atoms with Gasteiger partial charge in [0.1, 0.15) is 18.1 Å². The molecule has 0 aromatic rings. The van der Waals surface area contributed by atoms with Crippen molar-refractivity contribution in [1.82, 2.24) is 20.9 Å². The summed E-state index contributed by atoms with van der Waals surface area (Å²) >= 11 is 0. The molecule has 3 saturated carbocycles. The fraction of sp³-hybridized carbons (Fsp3) is 0.815. The predicted molar refractivity (Wildman–Crippen MR) is 135 cm³/mol. The Kier molecular flexibility index (Phi) is 6.89. The van der Waals surface area contributed by atoms with Crippen LogP contribution in [0.2, 0.25) is 0 Å². The highest BCUT2D eigenvalue weighted by atomic mass is 19.4. The molecule has 13 heteroatoms. The van der Waals surface area contributed by atoms with E-state index in [2.05, 4.69) is 10.6 Å². The molecule has 5 fully saturated rings. The highest BCUT2D eigenvalue weighted by molar-refractivity contribution is 5.96. The van der Waals surface area contributed by atoms with E-state index in [9.17, 15) is 37.1 Å². The summed E-state index contributed by atoms with van der Waals surface area (Å²) in [4.78, 5) is 65.6. The second-order valence-corrected chi connectivity index (χ2v) is 13.6. The van der Waals surface area contributed by atoms with Gasteiger partial charge < -0.3 is 26.6 Å². The fourth-order valence-corrected chi connectivity index (χ4v) is 8.07. The Morgan fingerprint density at radius 3 is 2.35 bits per heavy atom. The lowest BCUT2D eigenvalue weighted by Crippen LogP contribution is -2.61. The number of fused-ring (bicyclic) bond motifs is 6. The van der Waals surface area contributed by atoms with Crippen molar-refractivity contribution in [2.45, 2.75) is 83.6 Å². The number of alkyl halides is 3. The van der Waals surface area contributed by atoms with Crippen LogP contribution in [-0.4, -0.2) is 71.8 Å². The third-order valence-electron chi connectivity index (χ3n) is 10.1. The molecule has 2 heterocycles. The highest BCUT2D eigenvalue weighted by Crippen LogP contribution is 2.73. The molecule has 2 aliphatic heterocycles. The standard InChI is InChI=1S/C27H38F3N5O5/c1-25(2,3)19(34-24(40)27(28,29)30)23(39)35-11-14-13-8-15(26(10-13)5-6-26)17(14)18(35)22(38)33-16(20(31)36)9-12-4-7-32-21(12)37/h12-19H,4-11H2,1-3H3,(H2,31,36)(H,32,37)(H,33,38)(H,34,40)/t12-,13-,14+,15-,16-,17+,18-,19+/m0/s1. The number of primary amides is 1. The smallest absolute Gasteiger partial charge is 0.368 e. The summed E-state index contributed by atoms with van der Waals surface area (Å²) in [5, 5.41) is 7.26. The van der Waals surface area contributed by atoms with Crippen LogP contribution in [-0.2, 0) is 24.0 Å². The van der Waals surface area contributed by atoms with E-state index in [0.717, 1.165) is 25.7 Å². The zero-order valence-electron chi connectivity index (χ0n) is 23.0. The Hall–Kier alpha value is -2.86. The third kappa shape index (κ3) is 4.93. The van der Waals surface area contributed by atoms with Gasteiger partial charge in [-0.1, -0.05) is 20.8 Å². The van der Waals surface area contributed by atoms with Gasteiger partial charge in [-0.05, 0) is 73.0 Å². The predicted octanol–water partition coefficient (Wildman–Crippen LogP) is 0.839. The summed E-state index contributed by atoms with van der Waals surface area (Å²) < 4.78 is 39.5. The van der Waals surface area contributed by atoms with E-state index in [1.165, 1.54) is 4.90 Å². The molecular weight excluding hydrogens is 531 g/mol. The average Bonchev–Trinajstić information content (AvgIpc) is 3.15. The topological polar surface area (TPSA) is 151 Å². The molecule has 222 valence electrons. The van der Waals surface area contributed by atoms with Gasteiger partial charge in [0.2, 0.25) is 23.6 Å². The van der Waals surface area contributed by atoms with Gasteiger partial charge in [-0.3, -0.25) is 24.0 Å². The number of carbonyl (C=O) groups is 5. The minimum absolute atomic E-state index is 0.00231. The largest absolute Gasteiger partial charge is 0.471 e. The van der Waals surface area contributed by atoms with Gasteiger partial charge in [-0.25, -0.2) is 0 Å². The van der Waals surface area contributed by atoms with Crippen molar-refractivity contribution >= 4 is 29.5 Å². The lowest BCUT2D eigenvalue weighted by Gasteiger charge is -2.38. The van der Waals surface area contributed by atoms with E-state index < -0.39 is 59.3 Å². The van der Waals surface area contributed by atoms with Crippen LogP contribution in [0.5, 0.6) is 0 Å². The molecule has 0 aromatic carbocycles. The maximum absolute atomic E-state index is 14.0. The van der Waals surface area contributed by atoms with Crippen molar-refractivity contribution in [1.29, 1.82) is 0 Å². The molecule has 10 nitrogen and oxygen atoms in total. The van der Waals surface area contributed by atoms with Gasteiger partial charge in [-0.2, -0.15) is 13.2 Å². The second-order valence-electron chi connectivity index (χ2n) is 13.6. The van der Waals surface area contributed by atoms with Crippen molar-refractivity contribution < 1.29 is 37.1 Å². The molecule has 2 saturated heterocycles. The molecule has 8 atom stereocenters. The molecule has 0 radical (unpaired) electrons. The van der Waals surface area contributed by atoms with Crippen LogP contribution in [0.15, 0.2) is 0 Å². The molecule has 0 unspecified atom stereocenters. The summed E-state index contributed by atoms with van der Waals surface area (Å²) in [5.74, 6) is -4.80. The number of carbonyl (C=O) groups excluding carboxylic acids is 5. The summed E-state index contributed by atoms with van der Waals surface area (Å²) in [5.41, 5.74) is 4.66. The van der Waals surface area contributed by atoms with Gasteiger partial charge in [0, 0.05) is 19.0 Å². The Labute approximate surface area is 230 Å². The molecule has 0 aromatic heterocycles. The lowest BCUT2D eigenvalue weighted by atomic mass is 9.71. The number of likely N-dealkylation sites (tertiary alicyclic amines) is 1.